The Bertz CT molecular complexity index is 499. The van der Waals surface area contributed by atoms with Gasteiger partial charge in [-0.15, -0.1) is 0 Å². The number of hydrogen-bond acceptors (Lipinski definition) is 4. The maximum Gasteiger partial charge on any atom is 0.342 e. The van der Waals surface area contributed by atoms with Crippen LogP contribution < -0.4 is 10.1 Å². The van der Waals surface area contributed by atoms with Crippen LogP contribution in [0.4, 0.5) is 0 Å². The summed E-state index contributed by atoms with van der Waals surface area (Å²) in [6.07, 6.45) is 1.88. The Morgan fingerprint density at radius 2 is 2.05 bits per heavy atom. The molecule has 1 amide bonds. The van der Waals surface area contributed by atoms with Crippen molar-refractivity contribution in [1.82, 2.24) is 5.32 Å². The predicted molar refractivity (Wildman–Crippen MR) is 80.5 cm³/mol. The lowest BCUT2D eigenvalue weighted by atomic mass is 10.1. The molecule has 0 radical (unpaired) electrons. The van der Waals surface area contributed by atoms with Crippen LogP contribution in [0.15, 0.2) is 18.2 Å². The van der Waals surface area contributed by atoms with Gasteiger partial charge in [0.15, 0.2) is 6.61 Å². The van der Waals surface area contributed by atoms with Crippen LogP contribution in [0, 0.1) is 6.92 Å². The van der Waals surface area contributed by atoms with Gasteiger partial charge in [-0.1, -0.05) is 25.0 Å². The number of aryl methyl sites for hydroxylation is 1. The number of nitrogens with one attached hydrogen (secondary N) is 1. The zero-order valence-electron chi connectivity index (χ0n) is 13.1. The Morgan fingerprint density at radius 1 is 1.33 bits per heavy atom. The molecule has 0 heterocycles. The maximum absolute atomic E-state index is 12.0. The minimum Gasteiger partial charge on any atom is -0.496 e. The van der Waals surface area contributed by atoms with Crippen LogP contribution in [0.25, 0.3) is 0 Å². The van der Waals surface area contributed by atoms with E-state index in [2.05, 4.69) is 5.32 Å². The summed E-state index contributed by atoms with van der Waals surface area (Å²) in [5, 5.41) is 2.78. The predicted octanol–water partition coefficient (Wildman–Crippen LogP) is 2.47. The molecule has 1 N–H and O–H groups in total. The van der Waals surface area contributed by atoms with Gasteiger partial charge in [0.1, 0.15) is 11.3 Å². The van der Waals surface area contributed by atoms with E-state index < -0.39 is 5.97 Å². The van der Waals surface area contributed by atoms with Crippen molar-refractivity contribution < 1.29 is 19.1 Å². The molecule has 0 aliphatic heterocycles. The molecule has 1 aromatic rings. The average Bonchev–Trinajstić information content (AvgIpc) is 2.44. The largest absolute Gasteiger partial charge is 0.496 e. The molecule has 0 fully saturated rings. The van der Waals surface area contributed by atoms with E-state index in [0.29, 0.717) is 11.3 Å². The van der Waals surface area contributed by atoms with Gasteiger partial charge in [0.05, 0.1) is 7.11 Å². The van der Waals surface area contributed by atoms with Crippen LogP contribution in [0.3, 0.4) is 0 Å². The summed E-state index contributed by atoms with van der Waals surface area (Å²) in [6.45, 7) is 5.55. The molecule has 5 heteroatoms. The fraction of sp³-hybridized carbons (Fsp3) is 0.500. The molecule has 1 atom stereocenters. The quantitative estimate of drug-likeness (QED) is 0.784. The van der Waals surface area contributed by atoms with Crippen LogP contribution in [-0.4, -0.2) is 31.6 Å². The number of carbonyl (C=O) groups is 2. The zero-order valence-corrected chi connectivity index (χ0v) is 13.1. The fourth-order valence-electron chi connectivity index (χ4n) is 2.01. The van der Waals surface area contributed by atoms with Gasteiger partial charge >= 0.3 is 5.97 Å². The van der Waals surface area contributed by atoms with Gasteiger partial charge in [-0.3, -0.25) is 4.79 Å². The standard InChI is InChI=1S/C16H23NO4/c1-5-6-12(3)17-15(18)10-21-16(19)13-9-11(2)7-8-14(13)20-4/h7-9,12H,5-6,10H2,1-4H3,(H,17,18)/t12-/m0/s1. The summed E-state index contributed by atoms with van der Waals surface area (Å²) in [5.41, 5.74) is 1.25. The number of rotatable bonds is 7. The highest BCUT2D eigenvalue weighted by atomic mass is 16.5. The Labute approximate surface area is 125 Å². The number of amides is 1. The highest BCUT2D eigenvalue weighted by molar-refractivity contribution is 5.94. The van der Waals surface area contributed by atoms with Gasteiger partial charge in [0, 0.05) is 6.04 Å². The monoisotopic (exact) mass is 293 g/mol. The summed E-state index contributed by atoms with van der Waals surface area (Å²) < 4.78 is 10.2. The third-order valence-corrected chi connectivity index (χ3v) is 3.04. The van der Waals surface area contributed by atoms with Crippen molar-refractivity contribution in [2.24, 2.45) is 0 Å². The van der Waals surface area contributed by atoms with E-state index in [9.17, 15) is 9.59 Å². The average molecular weight is 293 g/mol. The number of esters is 1. The lowest BCUT2D eigenvalue weighted by Gasteiger charge is -2.13. The van der Waals surface area contributed by atoms with Crippen molar-refractivity contribution >= 4 is 11.9 Å². The number of ether oxygens (including phenoxy) is 2. The fourth-order valence-corrected chi connectivity index (χ4v) is 2.01. The van der Waals surface area contributed by atoms with E-state index in [1.165, 1.54) is 7.11 Å². The van der Waals surface area contributed by atoms with Crippen LogP contribution in [0.5, 0.6) is 5.75 Å². The number of carbonyl (C=O) groups excluding carboxylic acids is 2. The van der Waals surface area contributed by atoms with Crippen molar-refractivity contribution in [3.05, 3.63) is 29.3 Å². The normalized spacial score (nSPS) is 11.6. The Hall–Kier alpha value is -2.04. The molecule has 0 aliphatic rings. The molecule has 1 aromatic carbocycles. The molecule has 0 unspecified atom stereocenters. The molecule has 5 nitrogen and oxygen atoms in total. The smallest absolute Gasteiger partial charge is 0.342 e. The SMILES string of the molecule is CCC[C@H](C)NC(=O)COC(=O)c1cc(C)ccc1OC. The highest BCUT2D eigenvalue weighted by Crippen LogP contribution is 2.20. The minimum atomic E-state index is -0.561. The van der Waals surface area contributed by atoms with Crippen LogP contribution in [-0.2, 0) is 9.53 Å². The van der Waals surface area contributed by atoms with Gasteiger partial charge in [-0.25, -0.2) is 4.79 Å². The van der Waals surface area contributed by atoms with Gasteiger partial charge < -0.3 is 14.8 Å². The molecule has 0 saturated heterocycles. The van der Waals surface area contributed by atoms with Gasteiger partial charge in [-0.2, -0.15) is 0 Å². The third kappa shape index (κ3) is 5.45. The molecule has 0 spiro atoms. The van der Waals surface area contributed by atoms with Crippen molar-refractivity contribution in [2.75, 3.05) is 13.7 Å². The van der Waals surface area contributed by atoms with Crippen molar-refractivity contribution in [3.63, 3.8) is 0 Å². The Kier molecular flexibility index (Phi) is 6.72. The second kappa shape index (κ2) is 8.29. The van der Waals surface area contributed by atoms with Crippen molar-refractivity contribution in [2.45, 2.75) is 39.7 Å². The molecular weight excluding hydrogens is 270 g/mol. The molecule has 0 aromatic heterocycles. The molecular formula is C16H23NO4. The summed E-state index contributed by atoms with van der Waals surface area (Å²) >= 11 is 0. The third-order valence-electron chi connectivity index (χ3n) is 3.04. The number of hydrogen-bond donors (Lipinski definition) is 1. The maximum atomic E-state index is 12.0. The summed E-state index contributed by atoms with van der Waals surface area (Å²) in [5.74, 6) is -0.421. The second-order valence-electron chi connectivity index (χ2n) is 5.04. The lowest BCUT2D eigenvalue weighted by molar-refractivity contribution is -0.124. The summed E-state index contributed by atoms with van der Waals surface area (Å²) in [4.78, 5) is 23.7. The first kappa shape index (κ1) is 17.0. The van der Waals surface area contributed by atoms with E-state index in [-0.39, 0.29) is 18.6 Å². The molecule has 0 aliphatic carbocycles. The first-order valence-corrected chi connectivity index (χ1v) is 7.09. The lowest BCUT2D eigenvalue weighted by Crippen LogP contribution is -2.35. The minimum absolute atomic E-state index is 0.0784. The molecule has 21 heavy (non-hydrogen) atoms. The highest BCUT2D eigenvalue weighted by Gasteiger charge is 2.16. The van der Waals surface area contributed by atoms with Crippen LogP contribution >= 0.6 is 0 Å². The first-order chi connectivity index (χ1) is 9.97. The van der Waals surface area contributed by atoms with Crippen molar-refractivity contribution in [3.8, 4) is 5.75 Å². The van der Waals surface area contributed by atoms with Crippen LogP contribution in [0.2, 0.25) is 0 Å². The molecule has 0 bridgehead atoms. The molecule has 116 valence electrons. The molecule has 1 rings (SSSR count). The van der Waals surface area contributed by atoms with E-state index in [1.54, 1.807) is 12.1 Å². The van der Waals surface area contributed by atoms with Crippen LogP contribution in [0.1, 0.15) is 42.6 Å². The number of benzene rings is 1. The van der Waals surface area contributed by atoms with E-state index in [0.717, 1.165) is 18.4 Å². The van der Waals surface area contributed by atoms with E-state index in [4.69, 9.17) is 9.47 Å². The summed E-state index contributed by atoms with van der Waals surface area (Å²) in [7, 11) is 1.49. The Morgan fingerprint density at radius 3 is 2.67 bits per heavy atom. The van der Waals surface area contributed by atoms with E-state index in [1.807, 2.05) is 26.8 Å². The summed E-state index contributed by atoms with van der Waals surface area (Å²) in [6, 6.07) is 5.30. The molecule has 0 saturated carbocycles. The number of methoxy groups -OCH3 is 1. The topological polar surface area (TPSA) is 64.6 Å². The Balaban J connectivity index is 2.58. The van der Waals surface area contributed by atoms with Gasteiger partial charge in [0.25, 0.3) is 5.91 Å². The van der Waals surface area contributed by atoms with Gasteiger partial charge in [-0.05, 0) is 32.4 Å². The zero-order chi connectivity index (χ0) is 15.8. The van der Waals surface area contributed by atoms with Gasteiger partial charge in [0.2, 0.25) is 0 Å². The van der Waals surface area contributed by atoms with E-state index >= 15 is 0 Å². The van der Waals surface area contributed by atoms with Crippen molar-refractivity contribution in [1.29, 1.82) is 0 Å². The second-order valence-corrected chi connectivity index (χ2v) is 5.04. The first-order valence-electron chi connectivity index (χ1n) is 7.09.